The smallest absolute Gasteiger partial charge is 0.270 e. The van der Waals surface area contributed by atoms with Gasteiger partial charge in [-0.2, -0.15) is 0 Å². The van der Waals surface area contributed by atoms with Crippen molar-refractivity contribution in [1.29, 1.82) is 0 Å². The standard InChI is InChI=1S/C30H33N7O6.ClH/c1-34-10-12-35(13-11-34)28(39)21-14-20(27(38)33-8-3-7-32-9-6-31)16-22(17-21)36-29(40)24-5-2-4-19-15-23(37(42)43)18-25(26(19)24)30(36)41;/h2,4-5,14-18,32H,3,6-13,31H2,1H3,(H,33,38);1H. The zero-order valence-corrected chi connectivity index (χ0v) is 25.0. The molecule has 2 heterocycles. The van der Waals surface area contributed by atoms with Gasteiger partial charge in [0.05, 0.1) is 16.2 Å². The maximum Gasteiger partial charge on any atom is 0.270 e. The number of amides is 4. The van der Waals surface area contributed by atoms with Crippen molar-refractivity contribution in [2.24, 2.45) is 5.73 Å². The average Bonchev–Trinajstić information content (AvgIpc) is 3.01. The quantitative estimate of drug-likeness (QED) is 0.132. The molecule has 0 radical (unpaired) electrons. The Morgan fingerprint density at radius 3 is 2.34 bits per heavy atom. The van der Waals surface area contributed by atoms with Crippen LogP contribution in [0.2, 0.25) is 0 Å². The summed E-state index contributed by atoms with van der Waals surface area (Å²) in [5.41, 5.74) is 5.66. The Bertz CT molecular complexity index is 1620. The third-order valence-electron chi connectivity index (χ3n) is 7.65. The molecular formula is C30H34ClN7O6. The number of nitrogens with two attached hydrogens (primary N) is 1. The molecule has 232 valence electrons. The van der Waals surface area contributed by atoms with Crippen molar-refractivity contribution < 1.29 is 24.1 Å². The normalized spacial score (nSPS) is 14.9. The number of halogens is 1. The Morgan fingerprint density at radius 1 is 0.932 bits per heavy atom. The van der Waals surface area contributed by atoms with Crippen molar-refractivity contribution >= 4 is 58.2 Å². The van der Waals surface area contributed by atoms with E-state index in [2.05, 4.69) is 15.5 Å². The van der Waals surface area contributed by atoms with Gasteiger partial charge in [-0.1, -0.05) is 12.1 Å². The van der Waals surface area contributed by atoms with E-state index in [4.69, 9.17) is 5.73 Å². The van der Waals surface area contributed by atoms with Gasteiger partial charge in [-0.15, -0.1) is 12.4 Å². The maximum absolute atomic E-state index is 13.9. The minimum absolute atomic E-state index is 0. The van der Waals surface area contributed by atoms with Crippen LogP contribution in [-0.2, 0) is 0 Å². The van der Waals surface area contributed by atoms with Gasteiger partial charge in [0, 0.05) is 80.0 Å². The summed E-state index contributed by atoms with van der Waals surface area (Å²) >= 11 is 0. The van der Waals surface area contributed by atoms with E-state index in [0.29, 0.717) is 69.6 Å². The van der Waals surface area contributed by atoms with Gasteiger partial charge in [-0.3, -0.25) is 29.3 Å². The van der Waals surface area contributed by atoms with E-state index in [1.54, 1.807) is 23.1 Å². The van der Waals surface area contributed by atoms with E-state index in [9.17, 15) is 29.3 Å². The van der Waals surface area contributed by atoms with Gasteiger partial charge in [0.1, 0.15) is 0 Å². The molecule has 1 fully saturated rings. The van der Waals surface area contributed by atoms with Crippen LogP contribution in [0.15, 0.2) is 48.5 Å². The fourth-order valence-electron chi connectivity index (χ4n) is 5.36. The zero-order chi connectivity index (χ0) is 30.7. The molecule has 0 aromatic heterocycles. The van der Waals surface area contributed by atoms with Crippen LogP contribution in [0.3, 0.4) is 0 Å². The first-order chi connectivity index (χ1) is 20.7. The molecule has 0 aliphatic carbocycles. The van der Waals surface area contributed by atoms with Crippen LogP contribution in [-0.4, -0.2) is 97.8 Å². The lowest BCUT2D eigenvalue weighted by molar-refractivity contribution is -0.384. The number of nitro benzene ring substituents is 1. The van der Waals surface area contributed by atoms with Gasteiger partial charge >= 0.3 is 0 Å². The van der Waals surface area contributed by atoms with E-state index in [1.807, 2.05) is 7.05 Å². The summed E-state index contributed by atoms with van der Waals surface area (Å²) in [5, 5.41) is 18.3. The Labute approximate surface area is 259 Å². The van der Waals surface area contributed by atoms with Crippen molar-refractivity contribution in [2.45, 2.75) is 6.42 Å². The van der Waals surface area contributed by atoms with Gasteiger partial charge in [0.15, 0.2) is 0 Å². The van der Waals surface area contributed by atoms with Crippen LogP contribution >= 0.6 is 12.4 Å². The molecule has 5 rings (SSSR count). The fraction of sp³-hybridized carbons (Fsp3) is 0.333. The van der Waals surface area contributed by atoms with E-state index >= 15 is 0 Å². The number of benzene rings is 3. The maximum atomic E-state index is 13.9. The number of nitro groups is 1. The van der Waals surface area contributed by atoms with Gasteiger partial charge < -0.3 is 26.2 Å². The van der Waals surface area contributed by atoms with Crippen molar-refractivity contribution in [3.63, 3.8) is 0 Å². The minimum Gasteiger partial charge on any atom is -0.352 e. The van der Waals surface area contributed by atoms with Crippen LogP contribution in [0.25, 0.3) is 10.8 Å². The highest BCUT2D eigenvalue weighted by Gasteiger charge is 2.36. The summed E-state index contributed by atoms with van der Waals surface area (Å²) in [4.78, 5) is 70.2. The minimum atomic E-state index is -0.779. The van der Waals surface area contributed by atoms with Crippen molar-refractivity contribution in [3.05, 3.63) is 80.9 Å². The van der Waals surface area contributed by atoms with Crippen LogP contribution in [0.1, 0.15) is 47.9 Å². The number of carbonyl (C=O) groups excluding carboxylic acids is 4. The molecule has 13 nitrogen and oxygen atoms in total. The highest BCUT2D eigenvalue weighted by atomic mass is 35.5. The molecule has 2 aliphatic rings. The van der Waals surface area contributed by atoms with Gasteiger partial charge in [0.2, 0.25) is 0 Å². The summed E-state index contributed by atoms with van der Waals surface area (Å²) in [6, 6.07) is 11.5. The van der Waals surface area contributed by atoms with E-state index in [1.165, 1.54) is 24.3 Å². The Hall–Kier alpha value is -4.43. The van der Waals surface area contributed by atoms with Gasteiger partial charge in [0.25, 0.3) is 29.3 Å². The highest BCUT2D eigenvalue weighted by molar-refractivity contribution is 6.36. The number of anilines is 1. The lowest BCUT2D eigenvalue weighted by atomic mass is 9.92. The molecule has 3 aromatic rings. The van der Waals surface area contributed by atoms with Crippen LogP contribution in [0.5, 0.6) is 0 Å². The SMILES string of the molecule is CN1CCN(C(=O)c2cc(C(=O)NCCCNCCN)cc(N3C(=O)c4cccc5cc([N+](=O)[O-])cc(c45)C3=O)c2)CC1.Cl. The molecule has 0 atom stereocenters. The number of hydrogen-bond donors (Lipinski definition) is 3. The fourth-order valence-corrected chi connectivity index (χ4v) is 5.36. The number of likely N-dealkylation sites (N-methyl/N-ethyl adjacent to an activating group) is 1. The van der Waals surface area contributed by atoms with Gasteiger partial charge in [-0.05, 0) is 49.7 Å². The van der Waals surface area contributed by atoms with Crippen molar-refractivity contribution in [2.75, 3.05) is 64.3 Å². The molecule has 44 heavy (non-hydrogen) atoms. The number of imide groups is 1. The Morgan fingerprint density at radius 2 is 1.64 bits per heavy atom. The van der Waals surface area contributed by atoms with Crippen LogP contribution in [0.4, 0.5) is 11.4 Å². The monoisotopic (exact) mass is 623 g/mol. The second-order valence-electron chi connectivity index (χ2n) is 10.6. The van der Waals surface area contributed by atoms with E-state index in [-0.39, 0.29) is 51.9 Å². The summed E-state index contributed by atoms with van der Waals surface area (Å²) in [6.07, 6.45) is 0.640. The zero-order valence-electron chi connectivity index (χ0n) is 24.2. The highest BCUT2D eigenvalue weighted by Crippen LogP contribution is 2.36. The number of piperazine rings is 1. The predicted molar refractivity (Wildman–Crippen MR) is 168 cm³/mol. The number of rotatable bonds is 10. The first-order valence-corrected chi connectivity index (χ1v) is 14.1. The molecule has 0 spiro atoms. The average molecular weight is 624 g/mol. The summed E-state index contributed by atoms with van der Waals surface area (Å²) in [5.74, 6) is -2.23. The number of nitrogens with one attached hydrogen (secondary N) is 2. The first-order valence-electron chi connectivity index (χ1n) is 14.1. The third kappa shape index (κ3) is 6.55. The van der Waals surface area contributed by atoms with Crippen LogP contribution < -0.4 is 21.3 Å². The van der Waals surface area contributed by atoms with E-state index in [0.717, 1.165) is 11.0 Å². The van der Waals surface area contributed by atoms with Crippen molar-refractivity contribution in [1.82, 2.24) is 20.4 Å². The number of hydrogen-bond acceptors (Lipinski definition) is 9. The summed E-state index contributed by atoms with van der Waals surface area (Å²) in [7, 11) is 1.97. The second-order valence-corrected chi connectivity index (χ2v) is 10.6. The molecule has 3 aromatic carbocycles. The molecule has 4 N–H and O–H groups in total. The van der Waals surface area contributed by atoms with Crippen LogP contribution in [0, 0.1) is 10.1 Å². The largest absolute Gasteiger partial charge is 0.352 e. The first kappa shape index (κ1) is 32.5. The van der Waals surface area contributed by atoms with Gasteiger partial charge in [-0.25, -0.2) is 4.90 Å². The molecule has 0 bridgehead atoms. The number of nitrogens with zero attached hydrogens (tertiary/aromatic N) is 4. The number of carbonyl (C=O) groups is 4. The topological polar surface area (TPSA) is 171 Å². The number of non-ortho nitro benzene ring substituents is 1. The second kappa shape index (κ2) is 13.9. The summed E-state index contributed by atoms with van der Waals surface area (Å²) < 4.78 is 0. The van der Waals surface area contributed by atoms with Crippen molar-refractivity contribution in [3.8, 4) is 0 Å². The molecule has 2 aliphatic heterocycles. The lowest BCUT2D eigenvalue weighted by Gasteiger charge is -2.33. The third-order valence-corrected chi connectivity index (χ3v) is 7.65. The lowest BCUT2D eigenvalue weighted by Crippen LogP contribution is -2.47. The Balaban J connectivity index is 0.00000442. The molecule has 4 amide bonds. The van der Waals surface area contributed by atoms with E-state index < -0.39 is 22.6 Å². The Kier molecular flexibility index (Phi) is 10.3. The molecule has 1 saturated heterocycles. The molecule has 14 heteroatoms. The summed E-state index contributed by atoms with van der Waals surface area (Å²) in [6.45, 7) is 4.49. The molecular weight excluding hydrogens is 590 g/mol. The molecule has 0 unspecified atom stereocenters. The predicted octanol–water partition coefficient (Wildman–Crippen LogP) is 2.03. The molecule has 0 saturated carbocycles.